The molecule has 0 radical (unpaired) electrons. The number of ether oxygens (including phenoxy) is 3. The highest BCUT2D eigenvalue weighted by Crippen LogP contribution is 2.70. The number of unbranched alkanes of at least 4 members (excludes halogenated alkanes) is 3. The summed E-state index contributed by atoms with van der Waals surface area (Å²) in [5.41, 5.74) is 9.57. The van der Waals surface area contributed by atoms with E-state index in [0.717, 1.165) is 118 Å². The Kier molecular flexibility index (Phi) is 14.5. The third-order valence-corrected chi connectivity index (χ3v) is 19.7. The van der Waals surface area contributed by atoms with E-state index in [1.165, 1.54) is 34.9 Å². The lowest BCUT2D eigenvalue weighted by molar-refractivity contribution is -0.155. The number of hydrogen-bond acceptors (Lipinski definition) is 12. The van der Waals surface area contributed by atoms with Gasteiger partial charge in [-0.3, -0.25) is 24.1 Å². The van der Waals surface area contributed by atoms with Crippen molar-refractivity contribution in [2.24, 2.45) is 22.7 Å². The number of aromatic nitrogens is 2. The molecule has 4 unspecified atom stereocenters. The highest BCUT2D eigenvalue weighted by molar-refractivity contribution is 5.93. The largest absolute Gasteiger partial charge is 0.465 e. The van der Waals surface area contributed by atoms with E-state index in [2.05, 4.69) is 55.0 Å². The first-order valence-electron chi connectivity index (χ1n) is 28.7. The highest BCUT2D eigenvalue weighted by atomic mass is 16.6. The molecule has 7 aliphatic rings. The van der Waals surface area contributed by atoms with Gasteiger partial charge in [0.15, 0.2) is 5.78 Å². The minimum Gasteiger partial charge on any atom is -0.465 e. The van der Waals surface area contributed by atoms with Crippen LogP contribution in [0.5, 0.6) is 5.75 Å². The molecule has 4 aliphatic carbocycles. The summed E-state index contributed by atoms with van der Waals surface area (Å²) in [6.45, 7) is 15.1. The minimum atomic E-state index is -1.22. The van der Waals surface area contributed by atoms with Gasteiger partial charge in [0, 0.05) is 81.2 Å². The van der Waals surface area contributed by atoms with Gasteiger partial charge in [-0.2, -0.15) is 0 Å². The van der Waals surface area contributed by atoms with E-state index in [1.54, 1.807) is 22.5 Å². The molecule has 408 valence electrons. The van der Waals surface area contributed by atoms with Gasteiger partial charge < -0.3 is 33.7 Å². The minimum absolute atomic E-state index is 0.120. The molecule has 1 N–H and O–H groups in total. The van der Waals surface area contributed by atoms with Gasteiger partial charge in [0.25, 0.3) is 5.56 Å². The summed E-state index contributed by atoms with van der Waals surface area (Å²) in [5.74, 6) is 1.25. The number of esters is 1. The lowest BCUT2D eigenvalue weighted by atomic mass is 9.48. The number of Topliss-reactive ketones (excluding diaryl/α,β-unsaturated/α-hetero) is 1. The molecule has 0 spiro atoms. The van der Waals surface area contributed by atoms with Crippen LogP contribution in [0.2, 0.25) is 0 Å². The SMILES string of the molecule is CCc1c2c(nc3ccc(OC(=O)N4CCN(CCCCCCN(C)c5ccc(C6CC7(C)[C@@H](CCC7(COC(C)=O)C(C)=O)C7CCC8=CC(=O)CCC8=C67)cc5)CC4)cc13)-c1cc3c(c(=O)n1C2)COC[C@]3(O)CC. The number of rotatable bonds is 15. The number of ketones is 2. The van der Waals surface area contributed by atoms with Gasteiger partial charge in [-0.15, -0.1) is 0 Å². The Bertz CT molecular complexity index is 3150. The van der Waals surface area contributed by atoms with Crippen molar-refractivity contribution in [3.05, 3.63) is 109 Å². The Morgan fingerprint density at radius 2 is 1.70 bits per heavy atom. The Morgan fingerprint density at radius 1 is 0.922 bits per heavy atom. The van der Waals surface area contributed by atoms with Crippen LogP contribution < -0.4 is 15.2 Å². The van der Waals surface area contributed by atoms with Crippen LogP contribution in [0, 0.1) is 22.7 Å². The monoisotopic (exact) mass is 1050 g/mol. The molecule has 2 saturated carbocycles. The fourth-order valence-electron chi connectivity index (χ4n) is 15.3. The van der Waals surface area contributed by atoms with Crippen LogP contribution in [0.25, 0.3) is 22.3 Å². The normalized spacial score (nSPS) is 26.5. The number of aryl methyl sites for hydroxylation is 1. The number of aliphatic hydroxyl groups is 1. The lowest BCUT2D eigenvalue weighted by Crippen LogP contribution is -2.52. The van der Waals surface area contributed by atoms with Crippen LogP contribution in [0.3, 0.4) is 0 Å². The number of nitrogens with zero attached hydrogens (tertiary/aromatic N) is 5. The molecule has 2 aromatic carbocycles. The second-order valence-corrected chi connectivity index (χ2v) is 23.7. The first-order chi connectivity index (χ1) is 37.1. The maximum atomic E-state index is 13.8. The third-order valence-electron chi connectivity index (χ3n) is 19.7. The van der Waals surface area contributed by atoms with Gasteiger partial charge in [0.05, 0.1) is 42.1 Å². The van der Waals surface area contributed by atoms with Crippen molar-refractivity contribution in [1.29, 1.82) is 0 Å². The zero-order valence-electron chi connectivity index (χ0n) is 46.1. The molecule has 2 aromatic heterocycles. The molecule has 3 fully saturated rings. The van der Waals surface area contributed by atoms with Crippen molar-refractivity contribution >= 4 is 40.2 Å². The van der Waals surface area contributed by atoms with Crippen LogP contribution in [-0.2, 0) is 49.0 Å². The third kappa shape index (κ3) is 9.37. The topological polar surface area (TPSA) is 161 Å². The first kappa shape index (κ1) is 53.1. The molecule has 14 nitrogen and oxygen atoms in total. The molecule has 3 aliphatic heterocycles. The van der Waals surface area contributed by atoms with Crippen molar-refractivity contribution in [2.45, 2.75) is 143 Å². The number of carbonyl (C=O) groups is 4. The summed E-state index contributed by atoms with van der Waals surface area (Å²) in [6.07, 6.45) is 12.9. The number of carbonyl (C=O) groups excluding carboxylic acids is 4. The Hall–Kier alpha value is -5.96. The van der Waals surface area contributed by atoms with E-state index >= 15 is 0 Å². The molecule has 5 heterocycles. The van der Waals surface area contributed by atoms with E-state index in [1.807, 2.05) is 31.2 Å². The fourth-order valence-corrected chi connectivity index (χ4v) is 15.3. The van der Waals surface area contributed by atoms with Crippen LogP contribution in [-0.4, -0.2) is 108 Å². The van der Waals surface area contributed by atoms with Crippen molar-refractivity contribution in [3.8, 4) is 17.1 Å². The van der Waals surface area contributed by atoms with Crippen molar-refractivity contribution in [1.82, 2.24) is 19.4 Å². The number of amides is 1. The van der Waals surface area contributed by atoms with E-state index in [0.29, 0.717) is 73.3 Å². The molecule has 11 rings (SSSR count). The average Bonchev–Trinajstić information content (AvgIpc) is 4.07. The number of fused-ring (bicyclic) bond motifs is 9. The summed E-state index contributed by atoms with van der Waals surface area (Å²) in [4.78, 5) is 77.5. The van der Waals surface area contributed by atoms with Gasteiger partial charge in [-0.25, -0.2) is 9.78 Å². The van der Waals surface area contributed by atoms with Crippen molar-refractivity contribution in [2.75, 3.05) is 64.4 Å². The van der Waals surface area contributed by atoms with Crippen molar-refractivity contribution < 1.29 is 38.5 Å². The fraction of sp³-hybridized carbons (Fsp3) is 0.556. The van der Waals surface area contributed by atoms with Crippen LogP contribution in [0.1, 0.15) is 145 Å². The molecular formula is C63H77N5O9. The standard InChI is InChI=1S/C63H77N5O9/c1-7-46-49-32-45(19-22-55(49)64-58-51(46)35-68-56(58)33-54-52(59(68)72)36-75-38-63(54,74)8-2)77-60(73)67-29-27-66(28-30-67)26-12-10-9-11-25-65(6)43-16-13-41(14-17-43)50-34-61(5)53(23-24-62(61,39(3)69)37-76-40(4)70)48-20-15-42-31-44(71)18-21-47(42)57(48)50/h13-14,16-17,19,22,31-33,48,50,53,74H,7-12,15,18,20-21,23-30,34-38H2,1-6H3/t48?,50?,53-,61?,62?,63+/m0/s1. The molecule has 6 atom stereocenters. The number of benzene rings is 2. The zero-order valence-corrected chi connectivity index (χ0v) is 46.1. The quantitative estimate of drug-likeness (QED) is 0.0782. The molecule has 77 heavy (non-hydrogen) atoms. The first-order valence-corrected chi connectivity index (χ1v) is 28.7. The number of piperazine rings is 1. The van der Waals surface area contributed by atoms with Gasteiger partial charge >= 0.3 is 12.1 Å². The lowest BCUT2D eigenvalue weighted by Gasteiger charge is -2.55. The molecule has 14 heteroatoms. The van der Waals surface area contributed by atoms with Gasteiger partial charge in [0.2, 0.25) is 0 Å². The maximum Gasteiger partial charge on any atom is 0.415 e. The molecular weight excluding hydrogens is 971 g/mol. The molecule has 4 aromatic rings. The average molecular weight is 1050 g/mol. The summed E-state index contributed by atoms with van der Waals surface area (Å²) in [6, 6.07) is 16.6. The van der Waals surface area contributed by atoms with Crippen molar-refractivity contribution in [3.63, 3.8) is 0 Å². The van der Waals surface area contributed by atoms with E-state index in [4.69, 9.17) is 19.2 Å². The Balaban J connectivity index is 0.661. The number of anilines is 1. The van der Waals surface area contributed by atoms with E-state index in [9.17, 15) is 29.1 Å². The van der Waals surface area contributed by atoms with E-state index < -0.39 is 11.0 Å². The van der Waals surface area contributed by atoms with Crippen LogP contribution in [0.15, 0.2) is 76.1 Å². The van der Waals surface area contributed by atoms with Gasteiger partial charge in [-0.05, 0) is 165 Å². The summed E-state index contributed by atoms with van der Waals surface area (Å²) in [5, 5.41) is 12.3. The Labute approximate surface area is 452 Å². The van der Waals surface area contributed by atoms with Gasteiger partial charge in [-0.1, -0.05) is 51.3 Å². The predicted octanol–water partition coefficient (Wildman–Crippen LogP) is 9.97. The Morgan fingerprint density at radius 3 is 2.44 bits per heavy atom. The smallest absolute Gasteiger partial charge is 0.415 e. The second kappa shape index (κ2) is 21.0. The number of pyridine rings is 2. The van der Waals surface area contributed by atoms with Crippen LogP contribution >= 0.6 is 0 Å². The molecule has 0 bridgehead atoms. The van der Waals surface area contributed by atoms with E-state index in [-0.39, 0.29) is 60.3 Å². The van der Waals surface area contributed by atoms with Crippen LogP contribution in [0.4, 0.5) is 10.5 Å². The molecule has 1 amide bonds. The predicted molar refractivity (Wildman–Crippen MR) is 296 cm³/mol. The zero-order chi connectivity index (χ0) is 54.0. The summed E-state index contributed by atoms with van der Waals surface area (Å²) < 4.78 is 19.1. The van der Waals surface area contributed by atoms with Gasteiger partial charge in [0.1, 0.15) is 23.7 Å². The summed E-state index contributed by atoms with van der Waals surface area (Å²) in [7, 11) is 2.17. The second-order valence-electron chi connectivity index (χ2n) is 23.7. The summed E-state index contributed by atoms with van der Waals surface area (Å²) >= 11 is 0. The highest BCUT2D eigenvalue weighted by Gasteiger charge is 2.65. The molecule has 1 saturated heterocycles. The number of hydrogen-bond donors (Lipinski definition) is 1. The maximum absolute atomic E-state index is 13.8. The number of allylic oxidation sites excluding steroid dienone is 4.